The largest absolute Gasteiger partial charge is 0.478 e. The average Bonchev–Trinajstić information content (AvgIpc) is 2.56. The van der Waals surface area contributed by atoms with Crippen LogP contribution in [0.4, 0.5) is 0 Å². The van der Waals surface area contributed by atoms with E-state index in [4.69, 9.17) is 14.6 Å². The number of carboxylic acid groups (broad SMARTS) is 1. The highest BCUT2D eigenvalue weighted by Crippen LogP contribution is 2.10. The van der Waals surface area contributed by atoms with Crippen LogP contribution in [0.15, 0.2) is 24.3 Å². The van der Waals surface area contributed by atoms with E-state index in [-0.39, 0.29) is 17.7 Å². The van der Waals surface area contributed by atoms with Crippen LogP contribution in [0.2, 0.25) is 0 Å². The van der Waals surface area contributed by atoms with E-state index in [1.807, 2.05) is 0 Å². The lowest BCUT2D eigenvalue weighted by Gasteiger charge is -2.08. The molecule has 0 aliphatic rings. The summed E-state index contributed by atoms with van der Waals surface area (Å²) in [5.74, 6) is -1.77. The van der Waals surface area contributed by atoms with Crippen molar-refractivity contribution in [2.24, 2.45) is 0 Å². The molecule has 0 atom stereocenters. The summed E-state index contributed by atoms with van der Waals surface area (Å²) >= 11 is 0. The molecule has 0 amide bonds. The van der Waals surface area contributed by atoms with Gasteiger partial charge in [-0.15, -0.1) is 0 Å². The molecule has 0 aliphatic heterocycles. The zero-order valence-corrected chi connectivity index (χ0v) is 13.8. The molecule has 0 heterocycles. The van der Waals surface area contributed by atoms with Gasteiger partial charge >= 0.3 is 11.9 Å². The van der Waals surface area contributed by atoms with Crippen molar-refractivity contribution in [3.05, 3.63) is 35.4 Å². The minimum Gasteiger partial charge on any atom is -0.478 e. The third-order valence-electron chi connectivity index (χ3n) is 3.48. The molecular formula is C18H26O5. The first-order valence-corrected chi connectivity index (χ1v) is 8.24. The van der Waals surface area contributed by atoms with Gasteiger partial charge in [-0.2, -0.15) is 0 Å². The Morgan fingerprint density at radius 3 is 2.26 bits per heavy atom. The molecule has 0 unspecified atom stereocenters. The molecule has 23 heavy (non-hydrogen) atoms. The predicted molar refractivity (Wildman–Crippen MR) is 87.9 cm³/mol. The maximum atomic E-state index is 11.9. The monoisotopic (exact) mass is 322 g/mol. The number of aromatic carboxylic acids is 1. The minimum atomic E-state index is -1.14. The first kappa shape index (κ1) is 19.2. The lowest BCUT2D eigenvalue weighted by atomic mass is 10.1. The summed E-state index contributed by atoms with van der Waals surface area (Å²) in [6.45, 7) is 3.31. The fourth-order valence-corrected chi connectivity index (χ4v) is 2.21. The second kappa shape index (κ2) is 11.7. The Bertz CT molecular complexity index is 484. The molecule has 0 spiro atoms. The Morgan fingerprint density at radius 1 is 0.913 bits per heavy atom. The molecule has 5 heteroatoms. The van der Waals surface area contributed by atoms with E-state index < -0.39 is 11.9 Å². The summed E-state index contributed by atoms with van der Waals surface area (Å²) in [4.78, 5) is 22.9. The molecule has 0 radical (unpaired) electrons. The maximum Gasteiger partial charge on any atom is 0.339 e. The summed E-state index contributed by atoms with van der Waals surface area (Å²) in [6, 6.07) is 6.01. The van der Waals surface area contributed by atoms with Crippen molar-refractivity contribution in [3.8, 4) is 0 Å². The van der Waals surface area contributed by atoms with Gasteiger partial charge in [0.25, 0.3) is 0 Å². The Kier molecular flexibility index (Phi) is 9.71. The topological polar surface area (TPSA) is 72.8 Å². The third-order valence-corrected chi connectivity index (χ3v) is 3.48. The van der Waals surface area contributed by atoms with Gasteiger partial charge in [0, 0.05) is 6.61 Å². The third kappa shape index (κ3) is 7.79. The molecule has 1 aromatic rings. The van der Waals surface area contributed by atoms with E-state index in [9.17, 15) is 9.59 Å². The SMILES string of the molecule is CCCCCCCCOCCOC(=O)c1ccccc1C(=O)O. The number of hydrogen-bond acceptors (Lipinski definition) is 4. The molecule has 1 N–H and O–H groups in total. The van der Waals surface area contributed by atoms with E-state index in [0.29, 0.717) is 13.2 Å². The van der Waals surface area contributed by atoms with Crippen molar-refractivity contribution in [2.45, 2.75) is 45.4 Å². The number of esters is 1. The number of unbranched alkanes of at least 4 members (excludes halogenated alkanes) is 5. The number of carboxylic acids is 1. The van der Waals surface area contributed by atoms with Crippen LogP contribution in [-0.2, 0) is 9.47 Å². The molecule has 0 saturated heterocycles. The second-order valence-electron chi connectivity index (χ2n) is 5.37. The molecule has 0 bridgehead atoms. The molecule has 5 nitrogen and oxygen atoms in total. The second-order valence-corrected chi connectivity index (χ2v) is 5.37. The van der Waals surface area contributed by atoms with Crippen LogP contribution in [-0.4, -0.2) is 36.9 Å². The summed E-state index contributed by atoms with van der Waals surface area (Å²) in [5, 5.41) is 9.03. The maximum absolute atomic E-state index is 11.9. The Hall–Kier alpha value is -1.88. The highest BCUT2D eigenvalue weighted by molar-refractivity contribution is 6.02. The highest BCUT2D eigenvalue weighted by Gasteiger charge is 2.16. The zero-order valence-electron chi connectivity index (χ0n) is 13.8. The summed E-state index contributed by atoms with van der Waals surface area (Å²) in [5.41, 5.74) is 0.0152. The van der Waals surface area contributed by atoms with E-state index in [2.05, 4.69) is 6.92 Å². The first-order valence-electron chi connectivity index (χ1n) is 8.24. The zero-order chi connectivity index (χ0) is 16.9. The van der Waals surface area contributed by atoms with Gasteiger partial charge < -0.3 is 14.6 Å². The van der Waals surface area contributed by atoms with Crippen molar-refractivity contribution < 1.29 is 24.2 Å². The standard InChI is InChI=1S/C18H26O5/c1-2-3-4-5-6-9-12-22-13-14-23-18(21)16-11-8-7-10-15(16)17(19)20/h7-8,10-11H,2-6,9,12-14H2,1H3,(H,19,20). The fourth-order valence-electron chi connectivity index (χ4n) is 2.21. The minimum absolute atomic E-state index is 0.0505. The van der Waals surface area contributed by atoms with Gasteiger partial charge in [-0.25, -0.2) is 9.59 Å². The Balaban J connectivity index is 2.14. The number of benzene rings is 1. The molecule has 1 rings (SSSR count). The lowest BCUT2D eigenvalue weighted by Crippen LogP contribution is -2.14. The van der Waals surface area contributed by atoms with Crippen LogP contribution < -0.4 is 0 Å². The van der Waals surface area contributed by atoms with Gasteiger partial charge in [0.15, 0.2) is 0 Å². The number of carbonyl (C=O) groups is 2. The molecule has 0 fully saturated rings. The quantitative estimate of drug-likeness (QED) is 0.466. The van der Waals surface area contributed by atoms with Crippen LogP contribution in [0.1, 0.15) is 66.2 Å². The lowest BCUT2D eigenvalue weighted by molar-refractivity contribution is 0.0308. The molecule has 128 valence electrons. The molecule has 0 saturated carbocycles. The number of rotatable bonds is 12. The molecule has 1 aromatic carbocycles. The highest BCUT2D eigenvalue weighted by atomic mass is 16.6. The van der Waals surface area contributed by atoms with Crippen molar-refractivity contribution in [1.29, 1.82) is 0 Å². The van der Waals surface area contributed by atoms with Crippen LogP contribution >= 0.6 is 0 Å². The van der Waals surface area contributed by atoms with Crippen LogP contribution in [0, 0.1) is 0 Å². The first-order chi connectivity index (χ1) is 11.2. The van der Waals surface area contributed by atoms with Crippen molar-refractivity contribution in [1.82, 2.24) is 0 Å². The Labute approximate surface area is 137 Å². The van der Waals surface area contributed by atoms with Crippen molar-refractivity contribution >= 4 is 11.9 Å². The molecule has 0 aliphatic carbocycles. The van der Waals surface area contributed by atoms with Gasteiger partial charge in [0.1, 0.15) is 6.61 Å². The number of hydrogen-bond donors (Lipinski definition) is 1. The van der Waals surface area contributed by atoms with E-state index in [1.54, 1.807) is 12.1 Å². The molecular weight excluding hydrogens is 296 g/mol. The molecule has 0 aromatic heterocycles. The van der Waals surface area contributed by atoms with Gasteiger partial charge in [-0.3, -0.25) is 0 Å². The van der Waals surface area contributed by atoms with E-state index in [1.165, 1.54) is 37.8 Å². The van der Waals surface area contributed by atoms with Gasteiger partial charge in [0.05, 0.1) is 17.7 Å². The normalized spacial score (nSPS) is 10.5. The average molecular weight is 322 g/mol. The van der Waals surface area contributed by atoms with Crippen molar-refractivity contribution in [3.63, 3.8) is 0 Å². The fraction of sp³-hybridized carbons (Fsp3) is 0.556. The van der Waals surface area contributed by atoms with E-state index >= 15 is 0 Å². The number of carbonyl (C=O) groups excluding carboxylic acids is 1. The van der Waals surface area contributed by atoms with Gasteiger partial charge in [-0.1, -0.05) is 51.2 Å². The van der Waals surface area contributed by atoms with Crippen molar-refractivity contribution in [2.75, 3.05) is 19.8 Å². The summed E-state index contributed by atoms with van der Waals surface area (Å²) in [7, 11) is 0. The van der Waals surface area contributed by atoms with E-state index in [0.717, 1.165) is 12.8 Å². The summed E-state index contributed by atoms with van der Waals surface area (Å²) in [6.07, 6.45) is 7.21. The van der Waals surface area contributed by atoms with Crippen LogP contribution in [0.5, 0.6) is 0 Å². The predicted octanol–water partition coefficient (Wildman–Crippen LogP) is 3.92. The van der Waals surface area contributed by atoms with Crippen LogP contribution in [0.3, 0.4) is 0 Å². The van der Waals surface area contributed by atoms with Gasteiger partial charge in [0.2, 0.25) is 0 Å². The number of ether oxygens (including phenoxy) is 2. The van der Waals surface area contributed by atoms with Gasteiger partial charge in [-0.05, 0) is 18.6 Å². The van der Waals surface area contributed by atoms with Crippen LogP contribution in [0.25, 0.3) is 0 Å². The Morgan fingerprint density at radius 2 is 1.57 bits per heavy atom. The summed E-state index contributed by atoms with van der Waals surface area (Å²) < 4.78 is 10.5. The smallest absolute Gasteiger partial charge is 0.339 e.